The van der Waals surface area contributed by atoms with Crippen LogP contribution in [-0.4, -0.2) is 22.0 Å². The van der Waals surface area contributed by atoms with Crippen LogP contribution in [0.1, 0.15) is 16.1 Å². The van der Waals surface area contributed by atoms with E-state index in [1.54, 1.807) is 29.6 Å². The third kappa shape index (κ3) is 3.52. The normalized spacial score (nSPS) is 10.1. The van der Waals surface area contributed by atoms with Crippen molar-refractivity contribution in [2.24, 2.45) is 0 Å². The molecule has 0 radical (unpaired) electrons. The van der Waals surface area contributed by atoms with Crippen LogP contribution in [0, 0.1) is 0 Å². The number of nitrogen functional groups attached to an aromatic ring is 1. The number of thiazole rings is 1. The molecule has 7 heteroatoms. The number of nitrogens with one attached hydrogen (secondary N) is 1. The minimum atomic E-state index is -0.921. The van der Waals surface area contributed by atoms with Crippen molar-refractivity contribution in [3.63, 3.8) is 0 Å². The van der Waals surface area contributed by atoms with Crippen LogP contribution in [0.2, 0.25) is 0 Å². The lowest BCUT2D eigenvalue weighted by Crippen LogP contribution is -2.12. The minimum absolute atomic E-state index is 0.0899. The first-order chi connectivity index (χ1) is 9.04. The summed E-state index contributed by atoms with van der Waals surface area (Å²) in [4.78, 5) is 26.3. The second-order valence-corrected chi connectivity index (χ2v) is 4.69. The molecule has 0 bridgehead atoms. The van der Waals surface area contributed by atoms with Crippen molar-refractivity contribution in [1.29, 1.82) is 0 Å². The van der Waals surface area contributed by atoms with Crippen LogP contribution in [0.5, 0.6) is 0 Å². The molecule has 1 aromatic heterocycles. The van der Waals surface area contributed by atoms with Crippen LogP contribution in [0.3, 0.4) is 0 Å². The molecule has 4 N–H and O–H groups in total. The Morgan fingerprint density at radius 1 is 1.42 bits per heavy atom. The summed E-state index contributed by atoms with van der Waals surface area (Å²) in [6.45, 7) is 0. The maximum absolute atomic E-state index is 11.8. The molecule has 1 amide bonds. The Kier molecular flexibility index (Phi) is 3.76. The average molecular weight is 277 g/mol. The average Bonchev–Trinajstić information content (AvgIpc) is 2.75. The number of hydrogen-bond donors (Lipinski definition) is 3. The summed E-state index contributed by atoms with van der Waals surface area (Å²) >= 11 is 1.18. The molecular formula is C12H11N3O3S. The van der Waals surface area contributed by atoms with E-state index in [0.717, 1.165) is 0 Å². The van der Waals surface area contributed by atoms with Crippen molar-refractivity contribution in [3.8, 4) is 0 Å². The van der Waals surface area contributed by atoms with Crippen molar-refractivity contribution in [1.82, 2.24) is 4.98 Å². The molecule has 2 rings (SSSR count). The van der Waals surface area contributed by atoms with Crippen LogP contribution in [0.15, 0.2) is 29.6 Å². The van der Waals surface area contributed by atoms with Gasteiger partial charge in [0, 0.05) is 11.1 Å². The van der Waals surface area contributed by atoms with E-state index in [-0.39, 0.29) is 18.0 Å². The third-order valence-electron chi connectivity index (χ3n) is 2.29. The standard InChI is InChI=1S/C12H11N3O3S/c13-12-15-9(6-19-12)11(18)14-8-3-1-2-7(4-8)5-10(16)17/h1-4,6H,5H2,(H2,13,15)(H,14,18)(H,16,17). The number of carbonyl (C=O) groups is 2. The molecule has 1 heterocycles. The zero-order valence-corrected chi connectivity index (χ0v) is 10.6. The highest BCUT2D eigenvalue weighted by Crippen LogP contribution is 2.15. The van der Waals surface area contributed by atoms with Crippen molar-refractivity contribution in [2.45, 2.75) is 6.42 Å². The smallest absolute Gasteiger partial charge is 0.307 e. The predicted molar refractivity (Wildman–Crippen MR) is 72.3 cm³/mol. The van der Waals surface area contributed by atoms with Crippen LogP contribution in [-0.2, 0) is 11.2 Å². The highest BCUT2D eigenvalue weighted by Gasteiger charge is 2.10. The fourth-order valence-corrected chi connectivity index (χ4v) is 2.06. The lowest BCUT2D eigenvalue weighted by molar-refractivity contribution is -0.136. The van der Waals surface area contributed by atoms with Gasteiger partial charge in [-0.2, -0.15) is 0 Å². The van der Waals surface area contributed by atoms with E-state index in [4.69, 9.17) is 10.8 Å². The maximum Gasteiger partial charge on any atom is 0.307 e. The van der Waals surface area contributed by atoms with Gasteiger partial charge in [-0.3, -0.25) is 9.59 Å². The largest absolute Gasteiger partial charge is 0.481 e. The zero-order chi connectivity index (χ0) is 13.8. The van der Waals surface area contributed by atoms with Gasteiger partial charge in [-0.15, -0.1) is 11.3 Å². The summed E-state index contributed by atoms with van der Waals surface area (Å²) in [6, 6.07) is 6.66. The summed E-state index contributed by atoms with van der Waals surface area (Å²) in [5.74, 6) is -1.30. The Labute approximate surface area is 112 Å². The maximum atomic E-state index is 11.8. The van der Waals surface area contributed by atoms with Gasteiger partial charge in [0.05, 0.1) is 6.42 Å². The fraction of sp³-hybridized carbons (Fsp3) is 0.0833. The Bertz CT molecular complexity index is 624. The Morgan fingerprint density at radius 3 is 2.84 bits per heavy atom. The number of carboxylic acid groups (broad SMARTS) is 1. The number of carboxylic acids is 1. The van der Waals surface area contributed by atoms with E-state index in [0.29, 0.717) is 16.4 Å². The van der Waals surface area contributed by atoms with Crippen LogP contribution >= 0.6 is 11.3 Å². The lowest BCUT2D eigenvalue weighted by Gasteiger charge is -2.05. The van der Waals surface area contributed by atoms with Crippen LogP contribution < -0.4 is 11.1 Å². The summed E-state index contributed by atoms with van der Waals surface area (Å²) in [5, 5.41) is 13.2. The SMILES string of the molecule is Nc1nc(C(=O)Nc2cccc(CC(=O)O)c2)cs1. The number of anilines is 2. The highest BCUT2D eigenvalue weighted by molar-refractivity contribution is 7.13. The summed E-state index contributed by atoms with van der Waals surface area (Å²) < 4.78 is 0. The van der Waals surface area contributed by atoms with E-state index in [1.807, 2.05) is 0 Å². The lowest BCUT2D eigenvalue weighted by atomic mass is 10.1. The van der Waals surface area contributed by atoms with Crippen molar-refractivity contribution >= 4 is 34.0 Å². The number of hydrogen-bond acceptors (Lipinski definition) is 5. The molecule has 98 valence electrons. The van der Waals surface area contributed by atoms with Crippen LogP contribution in [0.4, 0.5) is 10.8 Å². The molecule has 0 spiro atoms. The number of amides is 1. The predicted octanol–water partition coefficient (Wildman–Crippen LogP) is 1.60. The van der Waals surface area contributed by atoms with E-state index >= 15 is 0 Å². The number of nitrogens with two attached hydrogens (primary N) is 1. The van der Waals surface area contributed by atoms with E-state index in [9.17, 15) is 9.59 Å². The third-order valence-corrected chi connectivity index (χ3v) is 2.97. The van der Waals surface area contributed by atoms with Gasteiger partial charge in [0.25, 0.3) is 5.91 Å². The Hall–Kier alpha value is -2.41. The first kappa shape index (κ1) is 13.0. The summed E-state index contributed by atoms with van der Waals surface area (Å²) in [5.41, 5.74) is 6.83. The van der Waals surface area contributed by atoms with E-state index < -0.39 is 5.97 Å². The molecule has 1 aromatic carbocycles. The van der Waals surface area contributed by atoms with Gasteiger partial charge in [0.1, 0.15) is 5.69 Å². The zero-order valence-electron chi connectivity index (χ0n) is 9.79. The second-order valence-electron chi connectivity index (χ2n) is 3.80. The molecule has 0 saturated heterocycles. The molecule has 0 saturated carbocycles. The van der Waals surface area contributed by atoms with Gasteiger partial charge in [0.2, 0.25) is 0 Å². The molecular weight excluding hydrogens is 266 g/mol. The molecule has 0 fully saturated rings. The Balaban J connectivity index is 2.10. The molecule has 0 aliphatic carbocycles. The highest BCUT2D eigenvalue weighted by atomic mass is 32.1. The van der Waals surface area contributed by atoms with Gasteiger partial charge in [-0.1, -0.05) is 12.1 Å². The van der Waals surface area contributed by atoms with Gasteiger partial charge >= 0.3 is 5.97 Å². The summed E-state index contributed by atoms with van der Waals surface area (Å²) in [7, 11) is 0. The van der Waals surface area contributed by atoms with E-state index in [1.165, 1.54) is 11.3 Å². The quantitative estimate of drug-likeness (QED) is 0.787. The number of carbonyl (C=O) groups excluding carboxylic acids is 1. The van der Waals surface area contributed by atoms with Gasteiger partial charge in [-0.05, 0) is 17.7 Å². The molecule has 19 heavy (non-hydrogen) atoms. The number of benzene rings is 1. The number of aromatic nitrogens is 1. The molecule has 0 atom stereocenters. The Morgan fingerprint density at radius 2 is 2.21 bits per heavy atom. The number of aliphatic carboxylic acids is 1. The van der Waals surface area contributed by atoms with E-state index in [2.05, 4.69) is 10.3 Å². The molecule has 0 aliphatic heterocycles. The second kappa shape index (κ2) is 5.49. The van der Waals surface area contributed by atoms with Gasteiger partial charge in [-0.25, -0.2) is 4.98 Å². The minimum Gasteiger partial charge on any atom is -0.481 e. The molecule has 6 nitrogen and oxygen atoms in total. The molecule has 0 aliphatic rings. The monoisotopic (exact) mass is 277 g/mol. The van der Waals surface area contributed by atoms with Crippen LogP contribution in [0.25, 0.3) is 0 Å². The van der Waals surface area contributed by atoms with Crippen molar-refractivity contribution in [2.75, 3.05) is 11.1 Å². The fourth-order valence-electron chi connectivity index (χ4n) is 1.52. The molecule has 2 aromatic rings. The van der Waals surface area contributed by atoms with Gasteiger partial charge < -0.3 is 16.2 Å². The van der Waals surface area contributed by atoms with Gasteiger partial charge in [0.15, 0.2) is 5.13 Å². The first-order valence-corrected chi connectivity index (χ1v) is 6.25. The first-order valence-electron chi connectivity index (χ1n) is 5.37. The topological polar surface area (TPSA) is 105 Å². The summed E-state index contributed by atoms with van der Waals surface area (Å²) in [6.07, 6.45) is -0.0899. The van der Waals surface area contributed by atoms with Crippen molar-refractivity contribution in [3.05, 3.63) is 40.9 Å². The number of rotatable bonds is 4. The van der Waals surface area contributed by atoms with Crippen molar-refractivity contribution < 1.29 is 14.7 Å². The number of nitrogens with zero attached hydrogens (tertiary/aromatic N) is 1. The molecule has 0 unspecified atom stereocenters.